The summed E-state index contributed by atoms with van der Waals surface area (Å²) in [6, 6.07) is 5.63. The number of nitrogens with zero attached hydrogens (tertiary/aromatic N) is 2. The molecule has 0 saturated heterocycles. The van der Waals surface area contributed by atoms with Crippen LogP contribution in [0.5, 0.6) is 0 Å². The molecule has 86 valence electrons. The average molecular weight is 220 g/mol. The zero-order valence-corrected chi connectivity index (χ0v) is 9.77. The van der Waals surface area contributed by atoms with E-state index < -0.39 is 6.10 Å². The van der Waals surface area contributed by atoms with Gasteiger partial charge in [-0.25, -0.2) is 4.79 Å². The summed E-state index contributed by atoms with van der Waals surface area (Å²) < 4.78 is 3.21. The molecule has 0 bridgehead atoms. The first-order valence-corrected chi connectivity index (χ1v) is 5.39. The summed E-state index contributed by atoms with van der Waals surface area (Å²) in [6.45, 7) is 1.93. The number of aliphatic hydroxyl groups is 1. The fourth-order valence-electron chi connectivity index (χ4n) is 1.97. The van der Waals surface area contributed by atoms with E-state index in [0.29, 0.717) is 6.42 Å². The molecule has 1 heterocycles. The van der Waals surface area contributed by atoms with Gasteiger partial charge in [0.25, 0.3) is 0 Å². The third kappa shape index (κ3) is 1.46. The average Bonchev–Trinajstić information content (AvgIpc) is 2.53. The number of fused-ring (bicyclic) bond motifs is 1. The van der Waals surface area contributed by atoms with Crippen molar-refractivity contribution >= 4 is 11.0 Å². The van der Waals surface area contributed by atoms with Crippen LogP contribution in [0.3, 0.4) is 0 Å². The first-order chi connectivity index (χ1) is 7.56. The second-order valence-electron chi connectivity index (χ2n) is 4.07. The Labute approximate surface area is 93.7 Å². The lowest BCUT2D eigenvalue weighted by atomic mass is 10.1. The van der Waals surface area contributed by atoms with Crippen molar-refractivity contribution in [1.29, 1.82) is 0 Å². The van der Waals surface area contributed by atoms with Gasteiger partial charge in [-0.15, -0.1) is 0 Å². The zero-order chi connectivity index (χ0) is 11.9. The second-order valence-corrected chi connectivity index (χ2v) is 4.07. The van der Waals surface area contributed by atoms with Gasteiger partial charge in [-0.3, -0.25) is 9.13 Å². The van der Waals surface area contributed by atoms with Crippen LogP contribution >= 0.6 is 0 Å². The van der Waals surface area contributed by atoms with E-state index >= 15 is 0 Å². The first-order valence-electron chi connectivity index (χ1n) is 5.39. The molecule has 1 atom stereocenters. The zero-order valence-electron chi connectivity index (χ0n) is 9.77. The highest BCUT2D eigenvalue weighted by atomic mass is 16.3. The molecular weight excluding hydrogens is 204 g/mol. The van der Waals surface area contributed by atoms with Gasteiger partial charge < -0.3 is 5.11 Å². The summed E-state index contributed by atoms with van der Waals surface area (Å²) in [5, 5.41) is 9.76. The Morgan fingerprint density at radius 3 is 2.50 bits per heavy atom. The number of hydrogen-bond donors (Lipinski definition) is 1. The van der Waals surface area contributed by atoms with Crippen molar-refractivity contribution in [3.8, 4) is 0 Å². The lowest BCUT2D eigenvalue weighted by Gasteiger charge is -2.08. The molecule has 0 radical (unpaired) electrons. The summed E-state index contributed by atoms with van der Waals surface area (Å²) in [5.74, 6) is 0. The molecule has 4 heteroatoms. The Balaban J connectivity index is 2.71. The van der Waals surface area contributed by atoms with Crippen LogP contribution in [-0.2, 0) is 14.1 Å². The molecule has 0 fully saturated rings. The maximum atomic E-state index is 11.7. The minimum atomic E-state index is -0.459. The van der Waals surface area contributed by atoms with Gasteiger partial charge in [0.2, 0.25) is 0 Å². The van der Waals surface area contributed by atoms with Crippen molar-refractivity contribution in [3.05, 3.63) is 34.2 Å². The van der Waals surface area contributed by atoms with Crippen LogP contribution in [0.2, 0.25) is 0 Å². The first kappa shape index (κ1) is 11.0. The van der Waals surface area contributed by atoms with Crippen molar-refractivity contribution < 1.29 is 5.11 Å². The largest absolute Gasteiger partial charge is 0.388 e. The third-order valence-corrected chi connectivity index (χ3v) is 3.07. The fourth-order valence-corrected chi connectivity index (χ4v) is 1.97. The number of benzene rings is 1. The Kier molecular flexibility index (Phi) is 2.59. The van der Waals surface area contributed by atoms with Gasteiger partial charge in [0.05, 0.1) is 17.1 Å². The number of aromatic nitrogens is 2. The fraction of sp³-hybridized carbons (Fsp3) is 0.417. The summed E-state index contributed by atoms with van der Waals surface area (Å²) in [6.07, 6.45) is 0.214. The number of hydrogen-bond acceptors (Lipinski definition) is 2. The van der Waals surface area contributed by atoms with Crippen LogP contribution in [0.15, 0.2) is 23.0 Å². The Morgan fingerprint density at radius 1 is 1.25 bits per heavy atom. The molecule has 0 saturated carbocycles. The number of rotatable bonds is 2. The summed E-state index contributed by atoms with van der Waals surface area (Å²) in [4.78, 5) is 11.7. The van der Waals surface area contributed by atoms with Crippen LogP contribution < -0.4 is 5.69 Å². The van der Waals surface area contributed by atoms with E-state index in [0.717, 1.165) is 16.6 Å². The predicted octanol–water partition coefficient (Wildman–Crippen LogP) is 1.32. The molecule has 0 unspecified atom stereocenters. The van der Waals surface area contributed by atoms with E-state index in [1.165, 1.54) is 0 Å². The smallest absolute Gasteiger partial charge is 0.328 e. The topological polar surface area (TPSA) is 47.2 Å². The molecule has 0 aliphatic carbocycles. The van der Waals surface area contributed by atoms with Crippen molar-refractivity contribution in [1.82, 2.24) is 9.13 Å². The van der Waals surface area contributed by atoms with Crippen LogP contribution in [0, 0.1) is 0 Å². The molecule has 1 N–H and O–H groups in total. The molecule has 4 nitrogen and oxygen atoms in total. The molecule has 1 aromatic heterocycles. The monoisotopic (exact) mass is 220 g/mol. The van der Waals surface area contributed by atoms with Crippen LogP contribution in [-0.4, -0.2) is 14.2 Å². The quantitative estimate of drug-likeness (QED) is 0.829. The van der Waals surface area contributed by atoms with Crippen molar-refractivity contribution in [2.24, 2.45) is 14.1 Å². The Bertz CT molecular complexity index is 580. The van der Waals surface area contributed by atoms with Gasteiger partial charge in [0.15, 0.2) is 0 Å². The van der Waals surface area contributed by atoms with Crippen LogP contribution in [0.25, 0.3) is 11.0 Å². The molecule has 0 amide bonds. The van der Waals surface area contributed by atoms with Gasteiger partial charge in [0.1, 0.15) is 0 Å². The normalized spacial score (nSPS) is 13.2. The van der Waals surface area contributed by atoms with Crippen molar-refractivity contribution in [2.45, 2.75) is 19.4 Å². The lowest BCUT2D eigenvalue weighted by molar-refractivity contribution is 0.174. The van der Waals surface area contributed by atoms with Gasteiger partial charge in [-0.2, -0.15) is 0 Å². The van der Waals surface area contributed by atoms with Crippen molar-refractivity contribution in [2.75, 3.05) is 0 Å². The molecular formula is C12H16N2O2. The SMILES string of the molecule is CC[C@H](O)c1ccc2c(c1)n(C)c(=O)n2C. The van der Waals surface area contributed by atoms with E-state index in [1.807, 2.05) is 25.1 Å². The second kappa shape index (κ2) is 3.79. The maximum absolute atomic E-state index is 11.7. The molecule has 1 aromatic carbocycles. The molecule has 0 aliphatic heterocycles. The minimum absolute atomic E-state index is 0.0434. The van der Waals surface area contributed by atoms with Crippen molar-refractivity contribution in [3.63, 3.8) is 0 Å². The Hall–Kier alpha value is -1.55. The van der Waals surface area contributed by atoms with Crippen LogP contribution in [0.1, 0.15) is 25.0 Å². The number of aryl methyl sites for hydroxylation is 2. The standard InChI is InChI=1S/C12H16N2O2/c1-4-11(15)8-5-6-9-10(7-8)14(3)12(16)13(9)2/h5-7,11,15H,4H2,1-3H3/t11-/m0/s1. The van der Waals surface area contributed by atoms with Gasteiger partial charge in [0, 0.05) is 14.1 Å². The van der Waals surface area contributed by atoms with E-state index in [2.05, 4.69) is 0 Å². The van der Waals surface area contributed by atoms with Gasteiger partial charge >= 0.3 is 5.69 Å². The summed E-state index contributed by atoms with van der Waals surface area (Å²) >= 11 is 0. The molecule has 16 heavy (non-hydrogen) atoms. The minimum Gasteiger partial charge on any atom is -0.388 e. The van der Waals surface area contributed by atoms with E-state index in [-0.39, 0.29) is 5.69 Å². The third-order valence-electron chi connectivity index (χ3n) is 3.07. The lowest BCUT2D eigenvalue weighted by Crippen LogP contribution is -2.19. The molecule has 2 rings (SSSR count). The molecule has 0 spiro atoms. The summed E-state index contributed by atoms with van der Waals surface area (Å²) in [5.41, 5.74) is 2.56. The molecule has 0 aliphatic rings. The van der Waals surface area contributed by atoms with Crippen LogP contribution in [0.4, 0.5) is 0 Å². The highest BCUT2D eigenvalue weighted by Gasteiger charge is 2.10. The molecule has 2 aromatic rings. The summed E-state index contributed by atoms with van der Waals surface area (Å²) in [7, 11) is 3.49. The number of aliphatic hydroxyl groups excluding tert-OH is 1. The number of imidazole rings is 1. The van der Waals surface area contributed by atoms with E-state index in [4.69, 9.17) is 0 Å². The van der Waals surface area contributed by atoms with E-state index in [1.54, 1.807) is 23.2 Å². The highest BCUT2D eigenvalue weighted by Crippen LogP contribution is 2.21. The predicted molar refractivity (Wildman–Crippen MR) is 63.4 cm³/mol. The van der Waals surface area contributed by atoms with Gasteiger partial charge in [-0.05, 0) is 24.1 Å². The maximum Gasteiger partial charge on any atom is 0.328 e. The van der Waals surface area contributed by atoms with E-state index in [9.17, 15) is 9.90 Å². The highest BCUT2D eigenvalue weighted by molar-refractivity contribution is 5.76. The Morgan fingerprint density at radius 2 is 1.88 bits per heavy atom. The van der Waals surface area contributed by atoms with Gasteiger partial charge in [-0.1, -0.05) is 13.0 Å².